The summed E-state index contributed by atoms with van der Waals surface area (Å²) in [6, 6.07) is 0. The highest BCUT2D eigenvalue weighted by atomic mass is 19.4. The summed E-state index contributed by atoms with van der Waals surface area (Å²) < 4.78 is 38.0. The second-order valence-electron chi connectivity index (χ2n) is 5.32. The van der Waals surface area contributed by atoms with E-state index in [0.29, 0.717) is 17.8 Å². The molecule has 0 heterocycles. The van der Waals surface area contributed by atoms with Crippen LogP contribution in [0.15, 0.2) is 0 Å². The Labute approximate surface area is 67.1 Å². The van der Waals surface area contributed by atoms with E-state index in [4.69, 9.17) is 0 Å². The molecule has 3 heteroatoms. The van der Waals surface area contributed by atoms with Crippen molar-refractivity contribution in [2.24, 2.45) is 46.8 Å². The fourth-order valence-electron chi connectivity index (χ4n) is 6.00. The van der Waals surface area contributed by atoms with E-state index in [1.54, 1.807) is 0 Å². The van der Waals surface area contributed by atoms with Gasteiger partial charge >= 0.3 is 6.18 Å². The Hall–Kier alpha value is -0.210. The summed E-state index contributed by atoms with van der Waals surface area (Å²) in [5.41, 5.74) is -1.10. The average molecular weight is 172 g/mol. The van der Waals surface area contributed by atoms with Crippen LogP contribution in [0.2, 0.25) is 0 Å². The Balaban J connectivity index is 1.72. The molecule has 64 valence electrons. The minimum absolute atomic E-state index is 0.113. The molecule has 0 unspecified atom stereocenters. The summed E-state index contributed by atoms with van der Waals surface area (Å²) in [5.74, 6) is 2.77. The lowest BCUT2D eigenvalue weighted by Crippen LogP contribution is -3.07. The molecule has 0 N–H and O–H groups in total. The Morgan fingerprint density at radius 3 is 1.42 bits per heavy atom. The summed E-state index contributed by atoms with van der Waals surface area (Å²) in [6.07, 6.45) is -3.86. The molecule has 0 aromatic heterocycles. The highest BCUT2D eigenvalue weighted by Gasteiger charge is 3.08. The highest BCUT2D eigenvalue weighted by molar-refractivity contribution is 5.51. The van der Waals surface area contributed by atoms with Crippen molar-refractivity contribution in [1.82, 2.24) is 0 Å². The maximum atomic E-state index is 12.7. The van der Waals surface area contributed by atoms with Crippen LogP contribution in [0.25, 0.3) is 0 Å². The molecule has 12 heavy (non-hydrogen) atoms. The molecule has 0 nitrogen and oxygen atoms in total. The van der Waals surface area contributed by atoms with E-state index in [1.165, 1.54) is 0 Å². The Bertz CT molecular complexity index is 278. The SMILES string of the molecule is FC(F)(F)C12C3C4C5C3C1C5C42. The summed E-state index contributed by atoms with van der Waals surface area (Å²) in [6.45, 7) is 0. The molecule has 6 fully saturated rings. The lowest BCUT2D eigenvalue weighted by molar-refractivity contribution is -0.654. The molecule has 0 bridgehead atoms. The first kappa shape index (κ1) is 5.51. The van der Waals surface area contributed by atoms with Crippen molar-refractivity contribution < 1.29 is 13.2 Å². The van der Waals surface area contributed by atoms with Crippen LogP contribution >= 0.6 is 0 Å². The first-order valence-corrected chi connectivity index (χ1v) is 4.68. The normalized spacial score (nSPS) is 83.8. The maximum Gasteiger partial charge on any atom is 0.395 e. The lowest BCUT2D eigenvalue weighted by atomic mass is 8.96. The predicted octanol–water partition coefficient (Wildman–Crippen LogP) is 1.92. The minimum atomic E-state index is -3.86. The van der Waals surface area contributed by atoms with E-state index in [2.05, 4.69) is 0 Å². The maximum absolute atomic E-state index is 12.7. The Kier molecular flexibility index (Phi) is 0.441. The number of rotatable bonds is 0. The molecule has 6 rings (SSSR count). The van der Waals surface area contributed by atoms with Crippen molar-refractivity contribution in [3.05, 3.63) is 0 Å². The molecular weight excluding hydrogens is 165 g/mol. The number of alkyl halides is 3. The number of hydrogen-bond donors (Lipinski definition) is 0. The van der Waals surface area contributed by atoms with Crippen LogP contribution in [-0.2, 0) is 0 Å². The van der Waals surface area contributed by atoms with Gasteiger partial charge < -0.3 is 0 Å². The van der Waals surface area contributed by atoms with Gasteiger partial charge in [0.1, 0.15) is 0 Å². The number of hydrogen-bond acceptors (Lipinski definition) is 0. The van der Waals surface area contributed by atoms with Crippen molar-refractivity contribution in [2.75, 3.05) is 0 Å². The summed E-state index contributed by atoms with van der Waals surface area (Å²) in [7, 11) is 0. The van der Waals surface area contributed by atoms with Gasteiger partial charge in [-0.3, -0.25) is 0 Å². The zero-order valence-corrected chi connectivity index (χ0v) is 6.18. The van der Waals surface area contributed by atoms with Gasteiger partial charge in [0.05, 0.1) is 5.41 Å². The summed E-state index contributed by atoms with van der Waals surface area (Å²) in [5, 5.41) is 0. The number of halogens is 3. The fourth-order valence-corrected chi connectivity index (χ4v) is 6.00. The van der Waals surface area contributed by atoms with Gasteiger partial charge in [0.2, 0.25) is 0 Å². The Morgan fingerprint density at radius 1 is 0.750 bits per heavy atom. The molecule has 0 aromatic carbocycles. The molecule has 0 spiro atoms. The van der Waals surface area contributed by atoms with Crippen LogP contribution in [0, 0.1) is 46.8 Å². The fraction of sp³-hybridized carbons (Fsp3) is 1.00. The van der Waals surface area contributed by atoms with Gasteiger partial charge in [-0.1, -0.05) is 0 Å². The second-order valence-corrected chi connectivity index (χ2v) is 5.32. The predicted molar refractivity (Wildman–Crippen MR) is 32.9 cm³/mol. The van der Waals surface area contributed by atoms with Crippen molar-refractivity contribution >= 4 is 0 Å². The van der Waals surface area contributed by atoms with Crippen LogP contribution in [0.1, 0.15) is 0 Å². The minimum Gasteiger partial charge on any atom is -0.170 e. The summed E-state index contributed by atoms with van der Waals surface area (Å²) in [4.78, 5) is 0. The standard InChI is InChI=1S/C9H7F3/c10-9(11,12)8-5-2-1-3(5)7(8)4(1)6(2)8/h1-7H. The highest BCUT2D eigenvalue weighted by Crippen LogP contribution is 3.07. The third-order valence-corrected chi connectivity index (χ3v) is 5.97. The van der Waals surface area contributed by atoms with Gasteiger partial charge in [-0.15, -0.1) is 0 Å². The van der Waals surface area contributed by atoms with E-state index in [1.807, 2.05) is 0 Å². The average Bonchev–Trinajstić information content (AvgIpc) is 2.03. The molecule has 0 radical (unpaired) electrons. The van der Waals surface area contributed by atoms with Crippen molar-refractivity contribution in [1.29, 1.82) is 0 Å². The van der Waals surface area contributed by atoms with Gasteiger partial charge in [0.15, 0.2) is 0 Å². The van der Waals surface area contributed by atoms with E-state index in [9.17, 15) is 13.2 Å². The molecule has 0 atom stereocenters. The molecule has 6 saturated carbocycles. The molecule has 0 saturated heterocycles. The lowest BCUT2D eigenvalue weighted by Gasteiger charge is -3.07. The van der Waals surface area contributed by atoms with Crippen LogP contribution < -0.4 is 0 Å². The van der Waals surface area contributed by atoms with Crippen LogP contribution in [0.5, 0.6) is 0 Å². The quantitative estimate of drug-likeness (QED) is 0.523. The largest absolute Gasteiger partial charge is 0.395 e. The topological polar surface area (TPSA) is 0 Å². The third-order valence-electron chi connectivity index (χ3n) is 5.97. The van der Waals surface area contributed by atoms with Gasteiger partial charge in [-0.2, -0.15) is 13.2 Å². The summed E-state index contributed by atoms with van der Waals surface area (Å²) >= 11 is 0. The first-order chi connectivity index (χ1) is 5.62. The van der Waals surface area contributed by atoms with E-state index < -0.39 is 11.6 Å². The Morgan fingerprint density at radius 2 is 1.17 bits per heavy atom. The van der Waals surface area contributed by atoms with E-state index in [0.717, 1.165) is 5.92 Å². The zero-order valence-electron chi connectivity index (χ0n) is 6.18. The van der Waals surface area contributed by atoms with Gasteiger partial charge in [0, 0.05) is 0 Å². The van der Waals surface area contributed by atoms with Crippen molar-refractivity contribution in [3.63, 3.8) is 0 Å². The molecule has 0 amide bonds. The molecule has 6 aliphatic rings. The van der Waals surface area contributed by atoms with Crippen LogP contribution in [0.3, 0.4) is 0 Å². The van der Waals surface area contributed by atoms with Crippen LogP contribution in [-0.4, -0.2) is 6.18 Å². The smallest absolute Gasteiger partial charge is 0.170 e. The van der Waals surface area contributed by atoms with Gasteiger partial charge in [0.25, 0.3) is 0 Å². The molecule has 6 aliphatic carbocycles. The second kappa shape index (κ2) is 0.962. The van der Waals surface area contributed by atoms with E-state index >= 15 is 0 Å². The van der Waals surface area contributed by atoms with Crippen molar-refractivity contribution in [2.45, 2.75) is 6.18 Å². The molecule has 0 aromatic rings. The first-order valence-electron chi connectivity index (χ1n) is 4.68. The van der Waals surface area contributed by atoms with Gasteiger partial charge in [-0.05, 0) is 41.4 Å². The van der Waals surface area contributed by atoms with Crippen LogP contribution in [0.4, 0.5) is 13.2 Å². The zero-order chi connectivity index (χ0) is 8.04. The molecular formula is C9H7F3. The monoisotopic (exact) mass is 172 g/mol. The van der Waals surface area contributed by atoms with Gasteiger partial charge in [-0.25, -0.2) is 0 Å². The molecule has 0 aliphatic heterocycles. The van der Waals surface area contributed by atoms with E-state index in [-0.39, 0.29) is 17.8 Å². The van der Waals surface area contributed by atoms with Crippen molar-refractivity contribution in [3.8, 4) is 0 Å². The third kappa shape index (κ3) is 0.192.